The molecule has 4 unspecified atom stereocenters. The van der Waals surface area contributed by atoms with E-state index in [2.05, 4.69) is 19.2 Å². The van der Waals surface area contributed by atoms with E-state index in [1.807, 2.05) is 37.3 Å². The van der Waals surface area contributed by atoms with Gasteiger partial charge in [-0.2, -0.15) is 0 Å². The summed E-state index contributed by atoms with van der Waals surface area (Å²) in [5.41, 5.74) is 0.988. The summed E-state index contributed by atoms with van der Waals surface area (Å²) in [6.45, 7) is 6.86. The zero-order valence-electron chi connectivity index (χ0n) is 13.3. The Morgan fingerprint density at radius 3 is 2.62 bits per heavy atom. The van der Waals surface area contributed by atoms with Crippen molar-refractivity contribution in [1.29, 1.82) is 0 Å². The van der Waals surface area contributed by atoms with Crippen LogP contribution in [-0.2, 0) is 9.53 Å². The van der Waals surface area contributed by atoms with Crippen molar-refractivity contribution in [2.24, 2.45) is 11.8 Å². The molecule has 1 aromatic rings. The average Bonchev–Trinajstić information content (AvgIpc) is 2.47. The standard InChI is InChI=1S/C18H27NO2/c1-4-21-18(20)17(15-8-6-5-7-9-15)19-16-11-10-13(2)12-14(16)3/h5-9,13-14,16-17,19H,4,10-12H2,1-3H3. The summed E-state index contributed by atoms with van der Waals surface area (Å²) >= 11 is 0. The molecule has 0 spiro atoms. The van der Waals surface area contributed by atoms with Crippen LogP contribution in [0.25, 0.3) is 0 Å². The van der Waals surface area contributed by atoms with Gasteiger partial charge in [0.25, 0.3) is 0 Å². The fourth-order valence-corrected chi connectivity index (χ4v) is 3.30. The third-order valence-corrected chi connectivity index (χ3v) is 4.47. The monoisotopic (exact) mass is 289 g/mol. The Morgan fingerprint density at radius 2 is 2.00 bits per heavy atom. The van der Waals surface area contributed by atoms with Crippen molar-refractivity contribution >= 4 is 5.97 Å². The average molecular weight is 289 g/mol. The van der Waals surface area contributed by atoms with Gasteiger partial charge in [0.15, 0.2) is 0 Å². The number of benzene rings is 1. The Balaban J connectivity index is 2.11. The number of esters is 1. The maximum absolute atomic E-state index is 12.3. The van der Waals surface area contributed by atoms with E-state index in [0.717, 1.165) is 17.9 Å². The molecule has 1 N–H and O–H groups in total. The van der Waals surface area contributed by atoms with E-state index in [-0.39, 0.29) is 12.0 Å². The summed E-state index contributed by atoms with van der Waals surface area (Å²) in [4.78, 5) is 12.3. The molecule has 1 fully saturated rings. The third-order valence-electron chi connectivity index (χ3n) is 4.47. The molecule has 0 aliphatic heterocycles. The number of hydrogen-bond acceptors (Lipinski definition) is 3. The van der Waals surface area contributed by atoms with Gasteiger partial charge in [-0.3, -0.25) is 5.32 Å². The summed E-state index contributed by atoms with van der Waals surface area (Å²) in [5, 5.41) is 3.55. The van der Waals surface area contributed by atoms with Crippen molar-refractivity contribution in [3.05, 3.63) is 35.9 Å². The van der Waals surface area contributed by atoms with Crippen molar-refractivity contribution in [2.75, 3.05) is 6.61 Å². The van der Waals surface area contributed by atoms with Gasteiger partial charge in [0.1, 0.15) is 6.04 Å². The van der Waals surface area contributed by atoms with Crippen molar-refractivity contribution in [3.63, 3.8) is 0 Å². The van der Waals surface area contributed by atoms with Crippen LogP contribution in [0.2, 0.25) is 0 Å². The molecule has 3 nitrogen and oxygen atoms in total. The van der Waals surface area contributed by atoms with Crippen molar-refractivity contribution in [2.45, 2.75) is 52.1 Å². The van der Waals surface area contributed by atoms with E-state index in [9.17, 15) is 4.79 Å². The molecule has 0 saturated heterocycles. The van der Waals surface area contributed by atoms with Gasteiger partial charge in [0.2, 0.25) is 0 Å². The maximum atomic E-state index is 12.3. The number of hydrogen-bond donors (Lipinski definition) is 1. The zero-order chi connectivity index (χ0) is 15.2. The molecule has 116 valence electrons. The first-order chi connectivity index (χ1) is 10.1. The van der Waals surface area contributed by atoms with Crippen molar-refractivity contribution in [1.82, 2.24) is 5.32 Å². The zero-order valence-corrected chi connectivity index (χ0v) is 13.3. The van der Waals surface area contributed by atoms with Crippen LogP contribution in [0.1, 0.15) is 51.6 Å². The molecule has 3 heteroatoms. The number of rotatable bonds is 5. The van der Waals surface area contributed by atoms with Crippen LogP contribution in [0.3, 0.4) is 0 Å². The van der Waals surface area contributed by atoms with Gasteiger partial charge in [-0.1, -0.05) is 44.2 Å². The quantitative estimate of drug-likeness (QED) is 0.840. The van der Waals surface area contributed by atoms with E-state index >= 15 is 0 Å². The summed E-state index contributed by atoms with van der Waals surface area (Å²) < 4.78 is 5.25. The molecular formula is C18H27NO2. The number of carbonyl (C=O) groups excluding carboxylic acids is 1. The Labute approximate surface area is 128 Å². The summed E-state index contributed by atoms with van der Waals surface area (Å²) in [6.07, 6.45) is 3.58. The second kappa shape index (κ2) is 7.60. The molecule has 0 radical (unpaired) electrons. The van der Waals surface area contributed by atoms with E-state index < -0.39 is 0 Å². The Morgan fingerprint density at radius 1 is 1.29 bits per heavy atom. The SMILES string of the molecule is CCOC(=O)C(NC1CCC(C)CC1C)c1ccccc1. The van der Waals surface area contributed by atoms with Gasteiger partial charge >= 0.3 is 5.97 Å². The normalized spacial score (nSPS) is 27.1. The highest BCUT2D eigenvalue weighted by molar-refractivity contribution is 5.77. The van der Waals surface area contributed by atoms with Crippen LogP contribution in [0.4, 0.5) is 0 Å². The van der Waals surface area contributed by atoms with E-state index in [1.165, 1.54) is 12.8 Å². The molecule has 0 aromatic heterocycles. The second-order valence-electron chi connectivity index (χ2n) is 6.26. The minimum atomic E-state index is -0.355. The number of nitrogens with one attached hydrogen (secondary N) is 1. The highest BCUT2D eigenvalue weighted by atomic mass is 16.5. The molecule has 1 aliphatic rings. The van der Waals surface area contributed by atoms with Gasteiger partial charge in [-0.05, 0) is 43.6 Å². The predicted molar refractivity (Wildman–Crippen MR) is 84.9 cm³/mol. The number of ether oxygens (including phenoxy) is 1. The first-order valence-corrected chi connectivity index (χ1v) is 8.09. The molecule has 0 amide bonds. The van der Waals surface area contributed by atoms with Gasteiger partial charge < -0.3 is 4.74 Å². The summed E-state index contributed by atoms with van der Waals surface area (Å²) in [6, 6.07) is 9.92. The Bertz CT molecular complexity index is 446. The first-order valence-electron chi connectivity index (χ1n) is 8.09. The molecule has 2 rings (SSSR count). The molecule has 0 bridgehead atoms. The van der Waals surface area contributed by atoms with Crippen LogP contribution >= 0.6 is 0 Å². The van der Waals surface area contributed by atoms with Crippen molar-refractivity contribution in [3.8, 4) is 0 Å². The molecule has 21 heavy (non-hydrogen) atoms. The fraction of sp³-hybridized carbons (Fsp3) is 0.611. The first kappa shape index (κ1) is 16.0. The van der Waals surface area contributed by atoms with Crippen LogP contribution in [-0.4, -0.2) is 18.6 Å². The third kappa shape index (κ3) is 4.31. The van der Waals surface area contributed by atoms with Crippen molar-refractivity contribution < 1.29 is 9.53 Å². The Kier molecular flexibility index (Phi) is 5.80. The van der Waals surface area contributed by atoms with Gasteiger partial charge in [-0.25, -0.2) is 4.79 Å². The maximum Gasteiger partial charge on any atom is 0.327 e. The highest BCUT2D eigenvalue weighted by Gasteiger charge is 2.30. The van der Waals surface area contributed by atoms with E-state index in [1.54, 1.807) is 0 Å². The summed E-state index contributed by atoms with van der Waals surface area (Å²) in [7, 11) is 0. The molecule has 0 heterocycles. The lowest BCUT2D eigenvalue weighted by atomic mass is 9.79. The van der Waals surface area contributed by atoms with Crippen LogP contribution in [0.15, 0.2) is 30.3 Å². The van der Waals surface area contributed by atoms with Gasteiger partial charge in [0.05, 0.1) is 6.61 Å². The molecule has 1 aliphatic carbocycles. The van der Waals surface area contributed by atoms with Crippen LogP contribution < -0.4 is 5.32 Å². The molecular weight excluding hydrogens is 262 g/mol. The second-order valence-corrected chi connectivity index (χ2v) is 6.26. The summed E-state index contributed by atoms with van der Waals surface area (Å²) in [5.74, 6) is 1.21. The largest absolute Gasteiger partial charge is 0.465 e. The predicted octanol–water partition coefficient (Wildman–Crippen LogP) is 3.71. The van der Waals surface area contributed by atoms with E-state index in [0.29, 0.717) is 18.6 Å². The minimum Gasteiger partial charge on any atom is -0.465 e. The smallest absolute Gasteiger partial charge is 0.327 e. The van der Waals surface area contributed by atoms with E-state index in [4.69, 9.17) is 4.74 Å². The van der Waals surface area contributed by atoms with Gasteiger partial charge in [0, 0.05) is 6.04 Å². The lowest BCUT2D eigenvalue weighted by molar-refractivity contribution is -0.146. The van der Waals surface area contributed by atoms with Crippen LogP contribution in [0.5, 0.6) is 0 Å². The molecule has 1 aromatic carbocycles. The molecule has 4 atom stereocenters. The Hall–Kier alpha value is -1.35. The highest BCUT2D eigenvalue weighted by Crippen LogP contribution is 2.30. The minimum absolute atomic E-state index is 0.172. The van der Waals surface area contributed by atoms with Crippen LogP contribution in [0, 0.1) is 11.8 Å². The topological polar surface area (TPSA) is 38.3 Å². The molecule has 1 saturated carbocycles. The number of carbonyl (C=O) groups is 1. The fourth-order valence-electron chi connectivity index (χ4n) is 3.30. The van der Waals surface area contributed by atoms with Gasteiger partial charge in [-0.15, -0.1) is 0 Å². The lowest BCUT2D eigenvalue weighted by Gasteiger charge is -2.35. The lowest BCUT2D eigenvalue weighted by Crippen LogP contribution is -2.44.